The summed E-state index contributed by atoms with van der Waals surface area (Å²) in [5.41, 5.74) is -0.0315. The second kappa shape index (κ2) is 6.19. The lowest BCUT2D eigenvalue weighted by atomic mass is 10.0. The molecular formula is C14H24N4O. The summed E-state index contributed by atoms with van der Waals surface area (Å²) in [4.78, 5) is 18.7. The number of likely N-dealkylation sites (tertiary alicyclic amines) is 1. The molecule has 1 unspecified atom stereocenters. The molecule has 0 aromatic carbocycles. The van der Waals surface area contributed by atoms with Crippen molar-refractivity contribution in [2.45, 2.75) is 45.2 Å². The molecule has 0 radical (unpaired) electrons. The average Bonchev–Trinajstić information content (AvgIpc) is 2.39. The summed E-state index contributed by atoms with van der Waals surface area (Å²) in [6.45, 7) is 5.94. The molecule has 0 spiro atoms. The van der Waals surface area contributed by atoms with Gasteiger partial charge < -0.3 is 14.8 Å². The molecule has 5 heteroatoms. The number of nitrogens with one attached hydrogen (secondary N) is 1. The van der Waals surface area contributed by atoms with E-state index in [1.165, 1.54) is 19.3 Å². The molecule has 1 atom stereocenters. The Labute approximate surface area is 114 Å². The summed E-state index contributed by atoms with van der Waals surface area (Å²) in [6, 6.07) is 0.663. The van der Waals surface area contributed by atoms with E-state index in [1.54, 1.807) is 17.0 Å². The highest BCUT2D eigenvalue weighted by atomic mass is 16.1. The lowest BCUT2D eigenvalue weighted by Crippen LogP contribution is -2.41. The van der Waals surface area contributed by atoms with Gasteiger partial charge in [0.25, 0.3) is 5.56 Å². The zero-order valence-electron chi connectivity index (χ0n) is 12.1. The molecule has 0 amide bonds. The van der Waals surface area contributed by atoms with Crippen LogP contribution in [0.4, 0.5) is 5.82 Å². The van der Waals surface area contributed by atoms with E-state index < -0.39 is 0 Å². The molecule has 0 bridgehead atoms. The fourth-order valence-electron chi connectivity index (χ4n) is 2.57. The van der Waals surface area contributed by atoms with Gasteiger partial charge in [0.1, 0.15) is 0 Å². The Kier molecular flexibility index (Phi) is 4.58. The fraction of sp³-hybridized carbons (Fsp3) is 0.714. The minimum absolute atomic E-state index is 0.0315. The van der Waals surface area contributed by atoms with Crippen LogP contribution in [0.3, 0.4) is 0 Å². The third-order valence-electron chi connectivity index (χ3n) is 3.85. The van der Waals surface area contributed by atoms with Crippen LogP contribution in [0, 0.1) is 0 Å². The van der Waals surface area contributed by atoms with E-state index in [-0.39, 0.29) is 11.6 Å². The Hall–Kier alpha value is -1.36. The minimum atomic E-state index is -0.0315. The van der Waals surface area contributed by atoms with Crippen molar-refractivity contribution in [3.8, 4) is 0 Å². The van der Waals surface area contributed by atoms with Gasteiger partial charge in [-0.1, -0.05) is 6.42 Å². The first-order valence-corrected chi connectivity index (χ1v) is 7.11. The maximum Gasteiger partial charge on any atom is 0.293 e. The zero-order chi connectivity index (χ0) is 13.8. The Bertz CT molecular complexity index is 469. The van der Waals surface area contributed by atoms with Crippen molar-refractivity contribution < 1.29 is 0 Å². The highest BCUT2D eigenvalue weighted by Crippen LogP contribution is 2.15. The smallest absolute Gasteiger partial charge is 0.293 e. The predicted molar refractivity (Wildman–Crippen MR) is 77.6 cm³/mol. The van der Waals surface area contributed by atoms with Gasteiger partial charge in [-0.05, 0) is 40.3 Å². The molecule has 2 heterocycles. The van der Waals surface area contributed by atoms with E-state index in [4.69, 9.17) is 0 Å². The number of hydrogen-bond acceptors (Lipinski definition) is 4. The first-order chi connectivity index (χ1) is 9.09. The lowest BCUT2D eigenvalue weighted by Gasteiger charge is -2.32. The Morgan fingerprint density at radius 1 is 1.47 bits per heavy atom. The van der Waals surface area contributed by atoms with Crippen LogP contribution >= 0.6 is 0 Å². The molecule has 5 nitrogen and oxygen atoms in total. The van der Waals surface area contributed by atoms with Gasteiger partial charge in [-0.25, -0.2) is 4.98 Å². The minimum Gasteiger partial charge on any atom is -0.364 e. The fourth-order valence-corrected chi connectivity index (χ4v) is 2.57. The Morgan fingerprint density at radius 3 is 2.95 bits per heavy atom. The summed E-state index contributed by atoms with van der Waals surface area (Å²) in [6.07, 6.45) is 7.17. The second-order valence-corrected chi connectivity index (χ2v) is 5.59. The first kappa shape index (κ1) is 14.1. The van der Waals surface area contributed by atoms with Gasteiger partial charge in [0, 0.05) is 31.0 Å². The van der Waals surface area contributed by atoms with Crippen LogP contribution in [0.25, 0.3) is 0 Å². The summed E-state index contributed by atoms with van der Waals surface area (Å²) < 4.78 is 1.71. The second-order valence-electron chi connectivity index (χ2n) is 5.59. The van der Waals surface area contributed by atoms with Gasteiger partial charge in [-0.2, -0.15) is 0 Å². The highest BCUT2D eigenvalue weighted by molar-refractivity contribution is 5.31. The standard InChI is InChI=1S/C14H24N4O/c1-11(2)18-9-7-15-13(14(18)19)16-10-12-6-4-5-8-17(12)3/h7,9,11-12H,4-6,8,10H2,1-3H3,(H,15,16). The van der Waals surface area contributed by atoms with Crippen molar-refractivity contribution >= 4 is 5.82 Å². The van der Waals surface area contributed by atoms with Crippen LogP contribution in [-0.4, -0.2) is 40.6 Å². The highest BCUT2D eigenvalue weighted by Gasteiger charge is 2.19. The van der Waals surface area contributed by atoms with Crippen molar-refractivity contribution in [2.75, 3.05) is 25.5 Å². The van der Waals surface area contributed by atoms with E-state index in [1.807, 2.05) is 13.8 Å². The molecule has 1 aliphatic rings. The molecule has 1 aromatic rings. The van der Waals surface area contributed by atoms with E-state index >= 15 is 0 Å². The van der Waals surface area contributed by atoms with Crippen LogP contribution < -0.4 is 10.9 Å². The molecule has 1 fully saturated rings. The van der Waals surface area contributed by atoms with Gasteiger partial charge in [-0.15, -0.1) is 0 Å². The monoisotopic (exact) mass is 264 g/mol. The number of aromatic nitrogens is 2. The topological polar surface area (TPSA) is 50.2 Å². The Morgan fingerprint density at radius 2 is 2.26 bits per heavy atom. The molecule has 2 rings (SSSR count). The zero-order valence-corrected chi connectivity index (χ0v) is 12.1. The summed E-state index contributed by atoms with van der Waals surface area (Å²) in [7, 11) is 2.15. The van der Waals surface area contributed by atoms with Gasteiger partial charge in [0.2, 0.25) is 0 Å². The quantitative estimate of drug-likeness (QED) is 0.899. The summed E-state index contributed by atoms with van der Waals surface area (Å²) in [5.74, 6) is 0.468. The van der Waals surface area contributed by atoms with Crippen LogP contribution in [0.1, 0.15) is 39.2 Å². The molecule has 0 aliphatic carbocycles. The molecule has 1 N–H and O–H groups in total. The predicted octanol–water partition coefficient (Wildman–Crippen LogP) is 1.72. The SMILES string of the molecule is CC(C)n1ccnc(NCC2CCCCN2C)c1=O. The largest absolute Gasteiger partial charge is 0.364 e. The average molecular weight is 264 g/mol. The van der Waals surface area contributed by atoms with Crippen molar-refractivity contribution in [3.05, 3.63) is 22.7 Å². The van der Waals surface area contributed by atoms with Crippen LogP contribution in [0.15, 0.2) is 17.2 Å². The molecule has 1 saturated heterocycles. The molecular weight excluding hydrogens is 240 g/mol. The third kappa shape index (κ3) is 3.35. The Balaban J connectivity index is 2.03. The van der Waals surface area contributed by atoms with Crippen LogP contribution in [0.5, 0.6) is 0 Å². The van der Waals surface area contributed by atoms with Crippen LogP contribution in [-0.2, 0) is 0 Å². The van der Waals surface area contributed by atoms with Gasteiger partial charge >= 0.3 is 0 Å². The van der Waals surface area contributed by atoms with E-state index in [9.17, 15) is 4.79 Å². The number of nitrogens with zero attached hydrogens (tertiary/aromatic N) is 3. The van der Waals surface area contributed by atoms with E-state index in [2.05, 4.69) is 22.2 Å². The molecule has 0 saturated carbocycles. The van der Waals surface area contributed by atoms with Gasteiger partial charge in [0.15, 0.2) is 5.82 Å². The summed E-state index contributed by atoms with van der Waals surface area (Å²) >= 11 is 0. The third-order valence-corrected chi connectivity index (χ3v) is 3.85. The van der Waals surface area contributed by atoms with Crippen LogP contribution in [0.2, 0.25) is 0 Å². The maximum atomic E-state index is 12.2. The molecule has 19 heavy (non-hydrogen) atoms. The van der Waals surface area contributed by atoms with Crippen molar-refractivity contribution in [1.29, 1.82) is 0 Å². The number of likely N-dealkylation sites (N-methyl/N-ethyl adjacent to an activating group) is 1. The lowest BCUT2D eigenvalue weighted by molar-refractivity contribution is 0.194. The van der Waals surface area contributed by atoms with Crippen molar-refractivity contribution in [2.24, 2.45) is 0 Å². The molecule has 1 aliphatic heterocycles. The first-order valence-electron chi connectivity index (χ1n) is 7.11. The normalized spacial score (nSPS) is 20.7. The van der Waals surface area contributed by atoms with E-state index in [0.29, 0.717) is 11.9 Å². The molecule has 106 valence electrons. The summed E-state index contributed by atoms with van der Waals surface area (Å²) in [5, 5.41) is 3.22. The number of rotatable bonds is 4. The molecule has 1 aromatic heterocycles. The number of hydrogen-bond donors (Lipinski definition) is 1. The van der Waals surface area contributed by atoms with Gasteiger partial charge in [0.05, 0.1) is 0 Å². The van der Waals surface area contributed by atoms with Crippen molar-refractivity contribution in [1.82, 2.24) is 14.5 Å². The van der Waals surface area contributed by atoms with Crippen molar-refractivity contribution in [3.63, 3.8) is 0 Å². The van der Waals surface area contributed by atoms with E-state index in [0.717, 1.165) is 13.1 Å². The van der Waals surface area contributed by atoms with Gasteiger partial charge in [-0.3, -0.25) is 4.79 Å². The number of anilines is 1. The number of piperidine rings is 1. The maximum absolute atomic E-state index is 12.2.